The standard InChI is InChI=1S/C17H21N3O3/c1-3-23-19-17(21)15-11-20-10-13(6-9-16(20)18-15)12-4-7-14(22-2)8-5-12/h4-5,7-8,11,13H,3,6,9-10H2,1-2H3,(H,19,21). The summed E-state index contributed by atoms with van der Waals surface area (Å²) in [5.41, 5.74) is 4.07. The van der Waals surface area contributed by atoms with E-state index in [-0.39, 0.29) is 5.91 Å². The van der Waals surface area contributed by atoms with Crippen LogP contribution in [0.15, 0.2) is 30.5 Å². The molecule has 0 fully saturated rings. The van der Waals surface area contributed by atoms with Crippen LogP contribution in [0.25, 0.3) is 0 Å². The summed E-state index contributed by atoms with van der Waals surface area (Å²) in [5.74, 6) is 1.94. The van der Waals surface area contributed by atoms with Crippen LogP contribution in [0.4, 0.5) is 0 Å². The lowest BCUT2D eigenvalue weighted by Gasteiger charge is -2.24. The number of methoxy groups -OCH3 is 1. The zero-order chi connectivity index (χ0) is 16.2. The van der Waals surface area contributed by atoms with E-state index in [2.05, 4.69) is 27.2 Å². The van der Waals surface area contributed by atoms with Gasteiger partial charge in [-0.15, -0.1) is 0 Å². The van der Waals surface area contributed by atoms with Crippen molar-refractivity contribution in [1.29, 1.82) is 0 Å². The number of aryl methyl sites for hydroxylation is 1. The van der Waals surface area contributed by atoms with Gasteiger partial charge in [-0.3, -0.25) is 9.63 Å². The number of carbonyl (C=O) groups excluding carboxylic acids is 1. The molecule has 3 rings (SSSR count). The van der Waals surface area contributed by atoms with E-state index < -0.39 is 0 Å². The first-order valence-corrected chi connectivity index (χ1v) is 7.83. The molecule has 1 unspecified atom stereocenters. The molecule has 2 heterocycles. The van der Waals surface area contributed by atoms with Crippen LogP contribution >= 0.6 is 0 Å². The van der Waals surface area contributed by atoms with Gasteiger partial charge in [-0.25, -0.2) is 10.5 Å². The van der Waals surface area contributed by atoms with Gasteiger partial charge in [0.15, 0.2) is 0 Å². The van der Waals surface area contributed by atoms with Crippen molar-refractivity contribution in [1.82, 2.24) is 15.0 Å². The molecule has 0 bridgehead atoms. The molecule has 1 aromatic heterocycles. The highest BCUT2D eigenvalue weighted by molar-refractivity contribution is 5.91. The Morgan fingerprint density at radius 2 is 2.17 bits per heavy atom. The zero-order valence-corrected chi connectivity index (χ0v) is 13.4. The van der Waals surface area contributed by atoms with Gasteiger partial charge in [0.05, 0.1) is 13.7 Å². The van der Waals surface area contributed by atoms with Crippen LogP contribution in [-0.2, 0) is 17.8 Å². The van der Waals surface area contributed by atoms with Gasteiger partial charge >= 0.3 is 0 Å². The first kappa shape index (κ1) is 15.6. The molecule has 2 aromatic rings. The number of hydroxylamine groups is 1. The lowest BCUT2D eigenvalue weighted by Crippen LogP contribution is -2.23. The minimum atomic E-state index is -0.297. The molecule has 0 saturated heterocycles. The molecule has 23 heavy (non-hydrogen) atoms. The highest BCUT2D eigenvalue weighted by atomic mass is 16.6. The summed E-state index contributed by atoms with van der Waals surface area (Å²) in [6.07, 6.45) is 3.69. The Kier molecular flexibility index (Phi) is 4.62. The third kappa shape index (κ3) is 3.37. The summed E-state index contributed by atoms with van der Waals surface area (Å²) in [5, 5.41) is 0. The summed E-state index contributed by atoms with van der Waals surface area (Å²) in [6, 6.07) is 8.18. The maximum atomic E-state index is 11.9. The largest absolute Gasteiger partial charge is 0.497 e. The highest BCUT2D eigenvalue weighted by Gasteiger charge is 2.23. The number of ether oxygens (including phenoxy) is 1. The van der Waals surface area contributed by atoms with Crippen LogP contribution in [0, 0.1) is 0 Å². The molecule has 6 heteroatoms. The summed E-state index contributed by atoms with van der Waals surface area (Å²) in [7, 11) is 1.67. The molecule has 0 radical (unpaired) electrons. The van der Waals surface area contributed by atoms with E-state index in [9.17, 15) is 4.79 Å². The first-order valence-electron chi connectivity index (χ1n) is 7.83. The van der Waals surface area contributed by atoms with E-state index in [1.54, 1.807) is 13.3 Å². The SMILES string of the molecule is CCONC(=O)c1cn2c(n1)CCC(c1ccc(OC)cc1)C2. The fourth-order valence-electron chi connectivity index (χ4n) is 2.89. The number of nitrogens with zero attached hydrogens (tertiary/aromatic N) is 2. The minimum absolute atomic E-state index is 0.297. The molecule has 0 aliphatic carbocycles. The van der Waals surface area contributed by atoms with Crippen LogP contribution in [0.2, 0.25) is 0 Å². The Bertz CT molecular complexity index is 679. The molecule has 1 aliphatic rings. The van der Waals surface area contributed by atoms with E-state index >= 15 is 0 Å². The average molecular weight is 315 g/mol. The number of amides is 1. The number of aromatic nitrogens is 2. The molecule has 6 nitrogen and oxygen atoms in total. The lowest BCUT2D eigenvalue weighted by atomic mass is 9.91. The van der Waals surface area contributed by atoms with Crippen LogP contribution in [0.1, 0.15) is 41.1 Å². The second kappa shape index (κ2) is 6.83. The number of hydrogen-bond acceptors (Lipinski definition) is 4. The van der Waals surface area contributed by atoms with Crippen molar-refractivity contribution in [3.8, 4) is 5.75 Å². The van der Waals surface area contributed by atoms with E-state index in [1.807, 2.05) is 19.1 Å². The predicted molar refractivity (Wildman–Crippen MR) is 85.4 cm³/mol. The van der Waals surface area contributed by atoms with E-state index in [0.29, 0.717) is 18.2 Å². The maximum absolute atomic E-state index is 11.9. The Morgan fingerprint density at radius 1 is 1.39 bits per heavy atom. The fraction of sp³-hybridized carbons (Fsp3) is 0.412. The third-order valence-corrected chi connectivity index (χ3v) is 4.12. The third-order valence-electron chi connectivity index (χ3n) is 4.12. The van der Waals surface area contributed by atoms with Gasteiger partial charge in [0.1, 0.15) is 17.3 Å². The summed E-state index contributed by atoms with van der Waals surface area (Å²) in [4.78, 5) is 21.3. The quantitative estimate of drug-likeness (QED) is 0.860. The fourth-order valence-corrected chi connectivity index (χ4v) is 2.89. The minimum Gasteiger partial charge on any atom is -0.497 e. The maximum Gasteiger partial charge on any atom is 0.295 e. The number of fused-ring (bicyclic) bond motifs is 1. The van der Waals surface area contributed by atoms with Gasteiger partial charge in [0.25, 0.3) is 5.91 Å². The number of rotatable bonds is 5. The molecular formula is C17H21N3O3. The molecule has 1 amide bonds. The second-order valence-electron chi connectivity index (χ2n) is 5.57. The molecular weight excluding hydrogens is 294 g/mol. The molecule has 0 saturated carbocycles. The van der Waals surface area contributed by atoms with Crippen molar-refractivity contribution in [2.24, 2.45) is 0 Å². The second-order valence-corrected chi connectivity index (χ2v) is 5.57. The molecule has 1 atom stereocenters. The van der Waals surface area contributed by atoms with Crippen LogP contribution in [0.5, 0.6) is 5.75 Å². The van der Waals surface area contributed by atoms with Gasteiger partial charge in [0, 0.05) is 25.1 Å². The van der Waals surface area contributed by atoms with Gasteiger partial charge in [-0.2, -0.15) is 0 Å². The molecule has 0 spiro atoms. The molecule has 1 N–H and O–H groups in total. The summed E-state index contributed by atoms with van der Waals surface area (Å²) >= 11 is 0. The van der Waals surface area contributed by atoms with Crippen LogP contribution in [-0.4, -0.2) is 29.2 Å². The number of nitrogens with one attached hydrogen (secondary N) is 1. The Balaban J connectivity index is 1.72. The number of benzene rings is 1. The van der Waals surface area contributed by atoms with Crippen molar-refractivity contribution < 1.29 is 14.4 Å². The first-order chi connectivity index (χ1) is 11.2. The lowest BCUT2D eigenvalue weighted by molar-refractivity contribution is 0.0360. The summed E-state index contributed by atoms with van der Waals surface area (Å²) in [6.45, 7) is 3.08. The normalized spacial score (nSPS) is 16.7. The van der Waals surface area contributed by atoms with E-state index in [0.717, 1.165) is 31.0 Å². The van der Waals surface area contributed by atoms with Crippen molar-refractivity contribution in [3.05, 3.63) is 47.5 Å². The Morgan fingerprint density at radius 3 is 2.87 bits per heavy atom. The number of imidazole rings is 1. The molecule has 1 aliphatic heterocycles. The number of carbonyl (C=O) groups is 1. The average Bonchev–Trinajstić information content (AvgIpc) is 3.03. The molecule has 122 valence electrons. The highest BCUT2D eigenvalue weighted by Crippen LogP contribution is 2.29. The van der Waals surface area contributed by atoms with Crippen LogP contribution < -0.4 is 10.2 Å². The van der Waals surface area contributed by atoms with Crippen LogP contribution in [0.3, 0.4) is 0 Å². The predicted octanol–water partition coefficient (Wildman–Crippen LogP) is 2.30. The number of hydrogen-bond donors (Lipinski definition) is 1. The van der Waals surface area contributed by atoms with E-state index in [1.165, 1.54) is 5.56 Å². The smallest absolute Gasteiger partial charge is 0.295 e. The molecule has 1 aromatic carbocycles. The Hall–Kier alpha value is -2.34. The van der Waals surface area contributed by atoms with Crippen molar-refractivity contribution in [2.75, 3.05) is 13.7 Å². The van der Waals surface area contributed by atoms with Gasteiger partial charge in [-0.1, -0.05) is 12.1 Å². The van der Waals surface area contributed by atoms with Crippen molar-refractivity contribution in [2.45, 2.75) is 32.2 Å². The van der Waals surface area contributed by atoms with Gasteiger partial charge < -0.3 is 9.30 Å². The van der Waals surface area contributed by atoms with Gasteiger partial charge in [0.2, 0.25) is 0 Å². The zero-order valence-electron chi connectivity index (χ0n) is 13.4. The van der Waals surface area contributed by atoms with Crippen molar-refractivity contribution in [3.63, 3.8) is 0 Å². The monoisotopic (exact) mass is 315 g/mol. The topological polar surface area (TPSA) is 65.4 Å². The van der Waals surface area contributed by atoms with Crippen molar-refractivity contribution >= 4 is 5.91 Å². The Labute approximate surface area is 135 Å². The summed E-state index contributed by atoms with van der Waals surface area (Å²) < 4.78 is 7.27. The van der Waals surface area contributed by atoms with Gasteiger partial charge in [-0.05, 0) is 31.0 Å². The van der Waals surface area contributed by atoms with E-state index in [4.69, 9.17) is 9.57 Å².